The van der Waals surface area contributed by atoms with Gasteiger partial charge >= 0.3 is 5.97 Å². The van der Waals surface area contributed by atoms with Crippen molar-refractivity contribution in [2.45, 2.75) is 24.3 Å². The van der Waals surface area contributed by atoms with Crippen LogP contribution in [0.25, 0.3) is 15.9 Å². The molecular formula is C19H16O6S2. The van der Waals surface area contributed by atoms with E-state index in [4.69, 9.17) is 13.9 Å². The number of cyclic esters (lactones) is 1. The minimum atomic E-state index is -3.31. The number of thiophene rings is 1. The van der Waals surface area contributed by atoms with Crippen molar-refractivity contribution in [2.24, 2.45) is 0 Å². The van der Waals surface area contributed by atoms with E-state index in [1.54, 1.807) is 32.0 Å². The molecule has 0 saturated carbocycles. The number of furan rings is 1. The van der Waals surface area contributed by atoms with Crippen LogP contribution in [0.15, 0.2) is 56.9 Å². The highest BCUT2D eigenvalue weighted by molar-refractivity contribution is 7.90. The molecule has 1 aliphatic heterocycles. The molecular weight excluding hydrogens is 388 g/mol. The van der Waals surface area contributed by atoms with Gasteiger partial charge in [0.15, 0.2) is 14.7 Å². The number of ether oxygens (including phenoxy) is 2. The average Bonchev–Trinajstić information content (AvgIpc) is 3.19. The summed E-state index contributed by atoms with van der Waals surface area (Å²) >= 11 is 1.43. The van der Waals surface area contributed by atoms with E-state index in [0.29, 0.717) is 16.0 Å². The van der Waals surface area contributed by atoms with Crippen molar-refractivity contribution >= 4 is 43.0 Å². The molecule has 0 aliphatic carbocycles. The summed E-state index contributed by atoms with van der Waals surface area (Å²) in [6.07, 6.45) is 1.14. The molecule has 2 aromatic heterocycles. The lowest BCUT2D eigenvalue weighted by atomic mass is 9.92. The van der Waals surface area contributed by atoms with Gasteiger partial charge in [-0.15, -0.1) is 11.3 Å². The molecule has 0 bridgehead atoms. The first-order chi connectivity index (χ1) is 12.6. The summed E-state index contributed by atoms with van der Waals surface area (Å²) in [6.45, 7) is 3.50. The maximum atomic E-state index is 12.4. The summed E-state index contributed by atoms with van der Waals surface area (Å²) in [7, 11) is -3.31. The molecule has 27 heavy (non-hydrogen) atoms. The summed E-state index contributed by atoms with van der Waals surface area (Å²) in [5.41, 5.74) is 0.247. The van der Waals surface area contributed by atoms with Crippen LogP contribution in [0.3, 0.4) is 0 Å². The van der Waals surface area contributed by atoms with Crippen LogP contribution in [0.1, 0.15) is 19.4 Å². The molecule has 0 spiro atoms. The van der Waals surface area contributed by atoms with E-state index in [9.17, 15) is 13.2 Å². The van der Waals surface area contributed by atoms with Gasteiger partial charge in [-0.25, -0.2) is 13.2 Å². The largest absolute Gasteiger partial charge is 0.449 e. The lowest BCUT2D eigenvalue weighted by Gasteiger charge is -2.21. The Kier molecular flexibility index (Phi) is 3.94. The summed E-state index contributed by atoms with van der Waals surface area (Å²) in [4.78, 5) is 13.3. The number of hydrogen-bond acceptors (Lipinski definition) is 7. The quantitative estimate of drug-likeness (QED) is 0.611. The summed E-state index contributed by atoms with van der Waals surface area (Å²) in [5.74, 6) is -0.359. The predicted octanol–water partition coefficient (Wildman–Crippen LogP) is 4.02. The molecule has 1 aromatic carbocycles. The third-order valence-corrected chi connectivity index (χ3v) is 6.19. The molecule has 0 amide bonds. The highest BCUT2D eigenvalue weighted by atomic mass is 32.2. The van der Waals surface area contributed by atoms with Gasteiger partial charge in [0.05, 0.1) is 10.5 Å². The second-order valence-corrected chi connectivity index (χ2v) is 9.63. The van der Waals surface area contributed by atoms with Gasteiger partial charge in [0, 0.05) is 17.7 Å². The minimum absolute atomic E-state index is 0.0357. The molecule has 1 aliphatic rings. The first kappa shape index (κ1) is 17.8. The standard InChI is InChI=1S/C19H16O6S2/c1-19(2)15(11-4-6-13(7-5-11)27(3,21)22)16(17(20)25-19)23-14-10-12-8-9-26-18(12)24-14/h4-10H,1-3H3. The van der Waals surface area contributed by atoms with Crippen LogP contribution in [0.2, 0.25) is 0 Å². The third-order valence-electron chi connectivity index (χ3n) is 4.26. The fourth-order valence-corrected chi connectivity index (χ4v) is 4.40. The van der Waals surface area contributed by atoms with Gasteiger partial charge in [0.2, 0.25) is 5.76 Å². The van der Waals surface area contributed by atoms with Crippen LogP contribution in [0.5, 0.6) is 5.95 Å². The van der Waals surface area contributed by atoms with E-state index in [1.165, 1.54) is 23.5 Å². The molecule has 3 aromatic rings. The van der Waals surface area contributed by atoms with Crippen molar-refractivity contribution in [3.8, 4) is 5.95 Å². The lowest BCUT2D eigenvalue weighted by molar-refractivity contribution is -0.145. The molecule has 8 heteroatoms. The van der Waals surface area contributed by atoms with Gasteiger partial charge in [-0.1, -0.05) is 12.1 Å². The molecule has 0 fully saturated rings. The molecule has 0 radical (unpaired) electrons. The van der Waals surface area contributed by atoms with Crippen LogP contribution in [0, 0.1) is 0 Å². The van der Waals surface area contributed by atoms with Gasteiger partial charge in [0.25, 0.3) is 5.95 Å². The van der Waals surface area contributed by atoms with Gasteiger partial charge < -0.3 is 13.9 Å². The fourth-order valence-electron chi connectivity index (χ4n) is 3.04. The van der Waals surface area contributed by atoms with Crippen molar-refractivity contribution in [1.82, 2.24) is 0 Å². The molecule has 3 heterocycles. The normalized spacial score (nSPS) is 16.8. The molecule has 0 saturated heterocycles. The van der Waals surface area contributed by atoms with E-state index in [1.807, 2.05) is 11.4 Å². The maximum absolute atomic E-state index is 12.4. The summed E-state index contributed by atoms with van der Waals surface area (Å²) in [6, 6.07) is 9.88. The zero-order valence-corrected chi connectivity index (χ0v) is 16.4. The van der Waals surface area contributed by atoms with Crippen LogP contribution < -0.4 is 4.74 Å². The number of carbonyl (C=O) groups excluding carboxylic acids is 1. The SMILES string of the molecule is CC1(C)OC(=O)C(Oc2cc3ccsc3o2)=C1c1ccc(S(C)(=O)=O)cc1. The fraction of sp³-hybridized carbons (Fsp3) is 0.211. The Morgan fingerprint density at radius 2 is 1.81 bits per heavy atom. The van der Waals surface area contributed by atoms with Crippen molar-refractivity contribution in [3.63, 3.8) is 0 Å². The first-order valence-corrected chi connectivity index (χ1v) is 10.9. The molecule has 0 unspecified atom stereocenters. The monoisotopic (exact) mass is 404 g/mol. The summed E-state index contributed by atoms with van der Waals surface area (Å²) < 4.78 is 40.2. The van der Waals surface area contributed by atoms with Crippen molar-refractivity contribution in [2.75, 3.05) is 6.26 Å². The Morgan fingerprint density at radius 1 is 1.11 bits per heavy atom. The Morgan fingerprint density at radius 3 is 2.44 bits per heavy atom. The maximum Gasteiger partial charge on any atom is 0.375 e. The van der Waals surface area contributed by atoms with E-state index >= 15 is 0 Å². The average molecular weight is 404 g/mol. The van der Waals surface area contributed by atoms with Gasteiger partial charge in [-0.05, 0) is 43.0 Å². The number of rotatable bonds is 4. The predicted molar refractivity (Wildman–Crippen MR) is 101 cm³/mol. The molecule has 4 rings (SSSR count). The van der Waals surface area contributed by atoms with Gasteiger partial charge in [-0.2, -0.15) is 0 Å². The highest BCUT2D eigenvalue weighted by Crippen LogP contribution is 2.41. The number of esters is 1. The Hall–Kier alpha value is -2.58. The number of hydrogen-bond donors (Lipinski definition) is 0. The molecule has 0 N–H and O–H groups in total. The number of fused-ring (bicyclic) bond motifs is 1. The van der Waals surface area contributed by atoms with Crippen LogP contribution in [-0.4, -0.2) is 26.2 Å². The summed E-state index contributed by atoms with van der Waals surface area (Å²) in [5, 5.41) is 2.79. The minimum Gasteiger partial charge on any atom is -0.449 e. The van der Waals surface area contributed by atoms with Crippen LogP contribution >= 0.6 is 11.3 Å². The molecule has 0 atom stereocenters. The van der Waals surface area contributed by atoms with E-state index in [2.05, 4.69) is 0 Å². The van der Waals surface area contributed by atoms with Crippen molar-refractivity contribution in [3.05, 3.63) is 53.1 Å². The van der Waals surface area contributed by atoms with Crippen molar-refractivity contribution in [1.29, 1.82) is 0 Å². The third kappa shape index (κ3) is 3.15. The van der Waals surface area contributed by atoms with Gasteiger partial charge in [0.1, 0.15) is 5.60 Å². The Labute approximate surface area is 159 Å². The molecule has 140 valence electrons. The van der Waals surface area contributed by atoms with Crippen LogP contribution in [0.4, 0.5) is 0 Å². The lowest BCUT2D eigenvalue weighted by Crippen LogP contribution is -2.22. The number of benzene rings is 1. The number of sulfone groups is 1. The van der Waals surface area contributed by atoms with Crippen LogP contribution in [-0.2, 0) is 19.4 Å². The Balaban J connectivity index is 1.79. The second-order valence-electron chi connectivity index (χ2n) is 6.73. The smallest absolute Gasteiger partial charge is 0.375 e. The zero-order chi connectivity index (χ0) is 19.4. The highest BCUT2D eigenvalue weighted by Gasteiger charge is 2.43. The first-order valence-electron chi connectivity index (χ1n) is 8.09. The van der Waals surface area contributed by atoms with E-state index in [-0.39, 0.29) is 16.6 Å². The topological polar surface area (TPSA) is 82.8 Å². The Bertz CT molecular complexity index is 1150. The van der Waals surface area contributed by atoms with Gasteiger partial charge in [-0.3, -0.25) is 0 Å². The van der Waals surface area contributed by atoms with E-state index < -0.39 is 21.4 Å². The molecule has 6 nitrogen and oxygen atoms in total. The number of carbonyl (C=O) groups is 1. The second kappa shape index (κ2) is 5.97. The van der Waals surface area contributed by atoms with E-state index in [0.717, 1.165) is 11.6 Å². The van der Waals surface area contributed by atoms with Crippen molar-refractivity contribution < 1.29 is 27.1 Å². The zero-order valence-electron chi connectivity index (χ0n) is 14.8.